The second-order valence-electron chi connectivity index (χ2n) is 22.4. The molecular weight excluding hydrogens is 815 g/mol. The molecule has 2 aromatic carbocycles. The average molecular weight is 894 g/mol. The summed E-state index contributed by atoms with van der Waals surface area (Å²) in [5.41, 5.74) is 11.2. The van der Waals surface area contributed by atoms with Crippen LogP contribution in [0.2, 0.25) is 0 Å². The number of nitrogens with one attached hydrogen (secondary N) is 2. The molecule has 2 atom stereocenters. The number of ether oxygens (including phenoxy) is 2. The largest absolute Gasteiger partial charge is 0.481 e. The number of hydrogen-bond acceptors (Lipinski definition) is 7. The Balaban J connectivity index is 0.000000178. The minimum Gasteiger partial charge on any atom is -0.481 e. The van der Waals surface area contributed by atoms with Crippen molar-refractivity contribution in [3.8, 4) is 0 Å². The third-order valence-corrected chi connectivity index (χ3v) is 13.8. The lowest BCUT2D eigenvalue weighted by Crippen LogP contribution is -2.51. The van der Waals surface area contributed by atoms with Crippen molar-refractivity contribution in [2.45, 2.75) is 170 Å². The van der Waals surface area contributed by atoms with Gasteiger partial charge in [-0.05, 0) is 187 Å². The van der Waals surface area contributed by atoms with E-state index in [0.717, 1.165) is 57.5 Å². The molecule has 10 heteroatoms. The fourth-order valence-electron chi connectivity index (χ4n) is 10.7. The number of esters is 1. The second kappa shape index (κ2) is 21.5. The Morgan fingerprint density at radius 3 is 1.86 bits per heavy atom. The number of amides is 2. The highest BCUT2D eigenvalue weighted by atomic mass is 16.6. The zero-order valence-electron chi connectivity index (χ0n) is 41.2. The van der Waals surface area contributed by atoms with Crippen molar-refractivity contribution in [3.63, 3.8) is 0 Å². The second-order valence-corrected chi connectivity index (χ2v) is 22.4. The van der Waals surface area contributed by atoms with E-state index in [1.807, 2.05) is 41.5 Å². The van der Waals surface area contributed by atoms with Gasteiger partial charge in [0.1, 0.15) is 11.2 Å². The van der Waals surface area contributed by atoms with Crippen LogP contribution in [-0.2, 0) is 36.7 Å². The maximum absolute atomic E-state index is 13.5. The van der Waals surface area contributed by atoms with E-state index in [1.54, 1.807) is 11.1 Å². The van der Waals surface area contributed by atoms with Gasteiger partial charge >= 0.3 is 18.0 Å². The monoisotopic (exact) mass is 894 g/mol. The lowest BCUT2D eigenvalue weighted by Gasteiger charge is -2.43. The van der Waals surface area contributed by atoms with E-state index in [4.69, 9.17) is 14.6 Å². The molecule has 2 fully saturated rings. The van der Waals surface area contributed by atoms with Crippen molar-refractivity contribution in [2.75, 3.05) is 19.6 Å². The molecular formula is C55H79N3O7. The Hall–Kier alpha value is -4.44. The normalized spacial score (nSPS) is 24.2. The zero-order chi connectivity index (χ0) is 47.2. The van der Waals surface area contributed by atoms with Crippen LogP contribution in [0.5, 0.6) is 0 Å². The summed E-state index contributed by atoms with van der Waals surface area (Å²) in [5.74, 6) is 1.35. The fourth-order valence-corrected chi connectivity index (χ4v) is 10.7. The third kappa shape index (κ3) is 13.6. The number of rotatable bonds is 11. The van der Waals surface area contributed by atoms with E-state index >= 15 is 0 Å². The molecule has 10 nitrogen and oxygen atoms in total. The number of carboxylic acids is 1. The van der Waals surface area contributed by atoms with Crippen molar-refractivity contribution in [1.82, 2.24) is 15.5 Å². The van der Waals surface area contributed by atoms with Crippen molar-refractivity contribution < 1.29 is 33.8 Å². The number of benzene rings is 2. The topological polar surface area (TPSA) is 134 Å². The van der Waals surface area contributed by atoms with Gasteiger partial charge in [-0.25, -0.2) is 4.79 Å². The molecule has 3 N–H and O–H groups in total. The molecule has 4 aliphatic carbocycles. The summed E-state index contributed by atoms with van der Waals surface area (Å²) in [6.07, 6.45) is 10.5. The zero-order valence-corrected chi connectivity index (χ0v) is 41.2. The number of fused-ring (bicyclic) bond motifs is 4. The number of carboxylic acid groups (broad SMARTS) is 1. The molecule has 2 amide bonds. The van der Waals surface area contributed by atoms with Gasteiger partial charge in [-0.1, -0.05) is 76.2 Å². The van der Waals surface area contributed by atoms with E-state index < -0.39 is 17.2 Å². The maximum Gasteiger partial charge on any atom is 0.407 e. The molecule has 2 saturated carbocycles. The van der Waals surface area contributed by atoms with E-state index in [2.05, 4.69) is 91.8 Å². The van der Waals surface area contributed by atoms with Crippen LogP contribution < -0.4 is 10.6 Å². The van der Waals surface area contributed by atoms with Crippen molar-refractivity contribution >= 4 is 35.1 Å². The maximum atomic E-state index is 13.5. The molecule has 2 unspecified atom stereocenters. The van der Waals surface area contributed by atoms with Gasteiger partial charge in [0.25, 0.3) is 0 Å². The van der Waals surface area contributed by atoms with Crippen LogP contribution in [0.1, 0.15) is 156 Å². The molecule has 8 rings (SSSR count). The van der Waals surface area contributed by atoms with Gasteiger partial charge in [-0.15, -0.1) is 0 Å². The van der Waals surface area contributed by atoms with Crippen molar-refractivity contribution in [3.05, 3.63) is 81.9 Å². The van der Waals surface area contributed by atoms with E-state index in [0.29, 0.717) is 55.5 Å². The van der Waals surface area contributed by atoms with E-state index in [1.165, 1.54) is 52.7 Å². The Morgan fingerprint density at radius 1 is 0.738 bits per heavy atom. The Morgan fingerprint density at radius 2 is 1.29 bits per heavy atom. The third-order valence-electron chi connectivity index (χ3n) is 13.8. The smallest absolute Gasteiger partial charge is 0.407 e. The van der Waals surface area contributed by atoms with Crippen LogP contribution >= 0.6 is 0 Å². The minimum atomic E-state index is -0.714. The highest BCUT2D eigenvalue weighted by Gasteiger charge is 2.43. The lowest BCUT2D eigenvalue weighted by atomic mass is 9.73. The summed E-state index contributed by atoms with van der Waals surface area (Å²) < 4.78 is 10.5. The Labute approximate surface area is 389 Å². The summed E-state index contributed by atoms with van der Waals surface area (Å²) in [6, 6.07) is 18.5. The summed E-state index contributed by atoms with van der Waals surface area (Å²) in [4.78, 5) is 49.5. The van der Waals surface area contributed by atoms with Gasteiger partial charge in [-0.3, -0.25) is 14.4 Å². The van der Waals surface area contributed by atoms with Crippen LogP contribution in [-0.4, -0.2) is 76.9 Å². The van der Waals surface area contributed by atoms with Gasteiger partial charge in [-0.2, -0.15) is 0 Å². The van der Waals surface area contributed by atoms with Gasteiger partial charge < -0.3 is 30.1 Å². The summed E-state index contributed by atoms with van der Waals surface area (Å²) in [7, 11) is 0. The van der Waals surface area contributed by atoms with Gasteiger partial charge in [0.2, 0.25) is 5.91 Å². The van der Waals surface area contributed by atoms with Crippen LogP contribution in [0.3, 0.4) is 0 Å². The summed E-state index contributed by atoms with van der Waals surface area (Å²) in [5, 5.41) is 15.3. The first-order valence-corrected chi connectivity index (χ1v) is 24.7. The fraction of sp³-hybridized carbons (Fsp3) is 0.636. The molecule has 0 bridgehead atoms. The Kier molecular flexibility index (Phi) is 16.5. The number of alkyl carbamates (subject to hydrolysis) is 1. The summed E-state index contributed by atoms with van der Waals surface area (Å²) >= 11 is 0. The molecule has 356 valence electrons. The van der Waals surface area contributed by atoms with Gasteiger partial charge in [0, 0.05) is 31.5 Å². The molecule has 2 heterocycles. The van der Waals surface area contributed by atoms with Crippen molar-refractivity contribution in [2.24, 2.45) is 35.5 Å². The quantitative estimate of drug-likeness (QED) is 0.190. The first-order chi connectivity index (χ1) is 30.7. The van der Waals surface area contributed by atoms with Crippen molar-refractivity contribution in [1.29, 1.82) is 0 Å². The number of hydrogen-bond donors (Lipinski definition) is 3. The predicted octanol–water partition coefficient (Wildman–Crippen LogP) is 10.8. The van der Waals surface area contributed by atoms with E-state index in [9.17, 15) is 19.2 Å². The molecule has 2 aliphatic heterocycles. The minimum absolute atomic E-state index is 0.0843. The average Bonchev–Trinajstić information content (AvgIpc) is 3.75. The molecule has 0 aromatic heterocycles. The molecule has 0 saturated heterocycles. The highest BCUT2D eigenvalue weighted by molar-refractivity contribution is 5.85. The highest BCUT2D eigenvalue weighted by Crippen LogP contribution is 2.45. The number of carbonyl (C=O) groups excluding carboxylic acids is 3. The molecule has 6 aliphatic rings. The number of nitrogens with zero attached hydrogens (tertiary/aromatic N) is 1. The number of aliphatic carboxylic acids is 1. The van der Waals surface area contributed by atoms with Gasteiger partial charge in [0.15, 0.2) is 0 Å². The molecule has 0 spiro atoms. The molecule has 65 heavy (non-hydrogen) atoms. The SMILES string of the molecule is CC(C)(C)OC(=O)CCC1CC(C(=O)O)C1.CC(C)CC1C2=C(CCN1C(=O)C1CC(CNC(=O)OC(C)(C)C)C1)c1ccccc1C2.CC(C)CC1NCCC2=C1Cc1ccccc12. The van der Waals surface area contributed by atoms with Crippen LogP contribution in [0.15, 0.2) is 59.7 Å². The first kappa shape index (κ1) is 50.0. The van der Waals surface area contributed by atoms with E-state index in [-0.39, 0.29) is 29.9 Å². The van der Waals surface area contributed by atoms with Crippen LogP contribution in [0, 0.1) is 35.5 Å². The lowest BCUT2D eigenvalue weighted by molar-refractivity contribution is -0.155. The van der Waals surface area contributed by atoms with Gasteiger partial charge in [0.05, 0.1) is 12.0 Å². The van der Waals surface area contributed by atoms with Crippen LogP contribution in [0.4, 0.5) is 4.79 Å². The predicted molar refractivity (Wildman–Crippen MR) is 259 cm³/mol. The standard InChI is InChI=1S/C27H38N2O3.C16H21N.C12H20O4/c1-17(2)12-24-23-15-19-8-6-7-9-21(19)22(23)10-11-29(24)25(30)20-13-18(14-20)16-28-26(31)32-27(3,4)5;1-11(2)9-16-15-10-12-5-3-4-6-13(12)14(15)7-8-17-16;1-12(2,3)16-10(13)5-4-8-6-9(7-8)11(14)15/h6-9,17-18,20,24H,10-16H2,1-5H3,(H,28,31);3-6,11,16-17H,7-10H2,1-2H3;8-9H,4-7H2,1-3H3,(H,14,15). The first-order valence-electron chi connectivity index (χ1n) is 24.7. The number of carbonyl (C=O) groups is 4. The molecule has 0 radical (unpaired) electrons. The molecule has 2 aromatic rings. The summed E-state index contributed by atoms with van der Waals surface area (Å²) in [6.45, 7) is 22.8. The Bertz CT molecular complexity index is 2080. The van der Waals surface area contributed by atoms with Crippen LogP contribution in [0.25, 0.3) is 11.1 Å².